The Morgan fingerprint density at radius 1 is 1.28 bits per heavy atom. The van der Waals surface area contributed by atoms with Crippen molar-refractivity contribution in [3.8, 4) is 0 Å². The number of nitrogens with zero attached hydrogens (tertiary/aromatic N) is 5. The summed E-state index contributed by atoms with van der Waals surface area (Å²) >= 11 is 0. The summed E-state index contributed by atoms with van der Waals surface area (Å²) in [5.74, 6) is 2.40. The minimum Gasteiger partial charge on any atom is -0.370 e. The molecule has 8 heteroatoms. The lowest BCUT2D eigenvalue weighted by atomic mass is 10.4. The molecule has 0 amide bonds. The standard InChI is InChI=1S/C10H16N8/c1-3-12-7-4-8(16-10(11)15-7)13-5-9-17-14-6-18(9)2/h4,6H,3,5H2,1-2H3,(H4,11,12,13,15,16). The summed E-state index contributed by atoms with van der Waals surface area (Å²) in [7, 11) is 1.88. The van der Waals surface area contributed by atoms with Crippen molar-refractivity contribution in [3.05, 3.63) is 18.2 Å². The van der Waals surface area contributed by atoms with Crippen molar-refractivity contribution < 1.29 is 0 Å². The molecule has 0 spiro atoms. The molecular weight excluding hydrogens is 232 g/mol. The summed E-state index contributed by atoms with van der Waals surface area (Å²) in [4.78, 5) is 8.17. The molecule has 0 saturated carbocycles. The Morgan fingerprint density at radius 2 is 2.00 bits per heavy atom. The minimum atomic E-state index is 0.230. The second-order valence-electron chi connectivity index (χ2n) is 3.74. The Bertz CT molecular complexity index is 520. The van der Waals surface area contributed by atoms with Crippen molar-refractivity contribution >= 4 is 17.6 Å². The third kappa shape index (κ3) is 2.84. The van der Waals surface area contributed by atoms with E-state index in [0.717, 1.165) is 12.4 Å². The predicted octanol–water partition coefficient (Wildman–Crippen LogP) is 0.231. The van der Waals surface area contributed by atoms with Gasteiger partial charge >= 0.3 is 0 Å². The molecule has 0 aromatic carbocycles. The van der Waals surface area contributed by atoms with Crippen LogP contribution in [0.2, 0.25) is 0 Å². The van der Waals surface area contributed by atoms with E-state index < -0.39 is 0 Å². The molecule has 2 rings (SSSR count). The maximum absolute atomic E-state index is 5.63. The summed E-state index contributed by atoms with van der Waals surface area (Å²) in [6, 6.07) is 1.80. The molecule has 0 fully saturated rings. The molecule has 2 aromatic heterocycles. The highest BCUT2D eigenvalue weighted by atomic mass is 15.3. The van der Waals surface area contributed by atoms with Gasteiger partial charge in [0.05, 0.1) is 6.54 Å². The van der Waals surface area contributed by atoms with Gasteiger partial charge in [-0.15, -0.1) is 10.2 Å². The summed E-state index contributed by atoms with van der Waals surface area (Å²) < 4.78 is 1.84. The number of nitrogens with one attached hydrogen (secondary N) is 2. The minimum absolute atomic E-state index is 0.230. The van der Waals surface area contributed by atoms with Crippen LogP contribution in [0.3, 0.4) is 0 Å². The molecular formula is C10H16N8. The van der Waals surface area contributed by atoms with Crippen LogP contribution in [0, 0.1) is 0 Å². The van der Waals surface area contributed by atoms with Gasteiger partial charge in [-0.05, 0) is 6.92 Å². The van der Waals surface area contributed by atoms with Crippen molar-refractivity contribution in [2.75, 3.05) is 22.9 Å². The second kappa shape index (κ2) is 5.30. The van der Waals surface area contributed by atoms with Gasteiger partial charge < -0.3 is 20.9 Å². The van der Waals surface area contributed by atoms with Crippen LogP contribution in [-0.2, 0) is 13.6 Å². The van der Waals surface area contributed by atoms with E-state index in [4.69, 9.17) is 5.73 Å². The number of aromatic nitrogens is 5. The molecule has 18 heavy (non-hydrogen) atoms. The zero-order valence-electron chi connectivity index (χ0n) is 10.4. The molecule has 0 radical (unpaired) electrons. The van der Waals surface area contributed by atoms with E-state index in [0.29, 0.717) is 18.2 Å². The fourth-order valence-electron chi connectivity index (χ4n) is 1.46. The lowest BCUT2D eigenvalue weighted by Gasteiger charge is -2.08. The maximum Gasteiger partial charge on any atom is 0.223 e. The van der Waals surface area contributed by atoms with Gasteiger partial charge in [-0.1, -0.05) is 0 Å². The molecule has 8 nitrogen and oxygen atoms in total. The van der Waals surface area contributed by atoms with Gasteiger partial charge in [-0.25, -0.2) is 0 Å². The molecule has 0 bridgehead atoms. The lowest BCUT2D eigenvalue weighted by molar-refractivity contribution is 0.810. The summed E-state index contributed by atoms with van der Waals surface area (Å²) in [6.07, 6.45) is 1.65. The largest absolute Gasteiger partial charge is 0.370 e. The molecule has 0 aliphatic carbocycles. The number of nitrogens with two attached hydrogens (primary N) is 1. The van der Waals surface area contributed by atoms with Gasteiger partial charge in [-0.3, -0.25) is 0 Å². The predicted molar refractivity (Wildman–Crippen MR) is 68.9 cm³/mol. The quantitative estimate of drug-likeness (QED) is 0.695. The molecule has 0 saturated heterocycles. The van der Waals surface area contributed by atoms with Gasteiger partial charge in [-0.2, -0.15) is 9.97 Å². The highest BCUT2D eigenvalue weighted by Crippen LogP contribution is 2.12. The third-order valence-corrected chi connectivity index (χ3v) is 2.33. The van der Waals surface area contributed by atoms with Gasteiger partial charge in [0, 0.05) is 19.7 Å². The molecule has 0 unspecified atom stereocenters. The van der Waals surface area contributed by atoms with E-state index in [9.17, 15) is 0 Å². The van der Waals surface area contributed by atoms with Crippen LogP contribution in [-0.4, -0.2) is 31.3 Å². The van der Waals surface area contributed by atoms with Crippen LogP contribution in [0.1, 0.15) is 12.7 Å². The van der Waals surface area contributed by atoms with Gasteiger partial charge in [0.1, 0.15) is 18.0 Å². The van der Waals surface area contributed by atoms with E-state index in [1.165, 1.54) is 0 Å². The van der Waals surface area contributed by atoms with Crippen LogP contribution in [0.25, 0.3) is 0 Å². The van der Waals surface area contributed by atoms with Crippen molar-refractivity contribution in [1.82, 2.24) is 24.7 Å². The van der Waals surface area contributed by atoms with E-state index in [1.807, 2.05) is 18.5 Å². The number of hydrogen-bond acceptors (Lipinski definition) is 7. The van der Waals surface area contributed by atoms with Crippen molar-refractivity contribution in [2.45, 2.75) is 13.5 Å². The number of aryl methyl sites for hydroxylation is 1. The molecule has 0 aliphatic heterocycles. The Hall–Kier alpha value is -2.38. The molecule has 4 N–H and O–H groups in total. The van der Waals surface area contributed by atoms with Crippen molar-refractivity contribution in [1.29, 1.82) is 0 Å². The number of nitrogen functional groups attached to an aromatic ring is 1. The Kier molecular flexibility index (Phi) is 3.56. The third-order valence-electron chi connectivity index (χ3n) is 2.33. The van der Waals surface area contributed by atoms with Gasteiger partial charge in [0.15, 0.2) is 5.82 Å². The zero-order chi connectivity index (χ0) is 13.0. The second-order valence-corrected chi connectivity index (χ2v) is 3.74. The van der Waals surface area contributed by atoms with Crippen LogP contribution in [0.4, 0.5) is 17.6 Å². The normalized spacial score (nSPS) is 10.3. The summed E-state index contributed by atoms with van der Waals surface area (Å²) in [6.45, 7) is 3.29. The van der Waals surface area contributed by atoms with Crippen molar-refractivity contribution in [2.24, 2.45) is 7.05 Å². The molecule has 2 heterocycles. The van der Waals surface area contributed by atoms with Crippen LogP contribution >= 0.6 is 0 Å². The SMILES string of the molecule is CCNc1cc(NCc2nncn2C)nc(N)n1. The van der Waals surface area contributed by atoms with Crippen LogP contribution in [0.5, 0.6) is 0 Å². The fourth-order valence-corrected chi connectivity index (χ4v) is 1.46. The van der Waals surface area contributed by atoms with E-state index in [1.54, 1.807) is 12.4 Å². The number of rotatable bonds is 5. The zero-order valence-corrected chi connectivity index (χ0v) is 10.4. The van der Waals surface area contributed by atoms with Crippen LogP contribution < -0.4 is 16.4 Å². The van der Waals surface area contributed by atoms with E-state index >= 15 is 0 Å². The first-order chi connectivity index (χ1) is 8.69. The Labute approximate surface area is 105 Å². The average molecular weight is 248 g/mol. The molecule has 2 aromatic rings. The monoisotopic (exact) mass is 248 g/mol. The molecule has 96 valence electrons. The number of anilines is 3. The molecule has 0 aliphatic rings. The number of hydrogen-bond donors (Lipinski definition) is 3. The first-order valence-electron chi connectivity index (χ1n) is 5.64. The average Bonchev–Trinajstić information content (AvgIpc) is 2.72. The topological polar surface area (TPSA) is 107 Å². The van der Waals surface area contributed by atoms with Crippen LogP contribution in [0.15, 0.2) is 12.4 Å². The lowest BCUT2D eigenvalue weighted by Crippen LogP contribution is -2.10. The first-order valence-corrected chi connectivity index (χ1v) is 5.64. The summed E-state index contributed by atoms with van der Waals surface area (Å²) in [5, 5.41) is 14.0. The summed E-state index contributed by atoms with van der Waals surface area (Å²) in [5.41, 5.74) is 5.63. The van der Waals surface area contributed by atoms with Gasteiger partial charge in [0.2, 0.25) is 5.95 Å². The first kappa shape index (κ1) is 12.1. The van der Waals surface area contributed by atoms with Crippen molar-refractivity contribution in [3.63, 3.8) is 0 Å². The molecule has 0 atom stereocenters. The smallest absolute Gasteiger partial charge is 0.223 e. The Balaban J connectivity index is 2.07. The fraction of sp³-hybridized carbons (Fsp3) is 0.400. The highest BCUT2D eigenvalue weighted by Gasteiger charge is 2.04. The Morgan fingerprint density at radius 3 is 2.61 bits per heavy atom. The van der Waals surface area contributed by atoms with Gasteiger partial charge in [0.25, 0.3) is 0 Å². The maximum atomic E-state index is 5.63. The van der Waals surface area contributed by atoms with E-state index in [-0.39, 0.29) is 5.95 Å². The van der Waals surface area contributed by atoms with E-state index in [2.05, 4.69) is 30.8 Å². The highest BCUT2D eigenvalue weighted by molar-refractivity contribution is 5.50.